The van der Waals surface area contributed by atoms with Gasteiger partial charge in [-0.15, -0.1) is 0 Å². The molecule has 1 aliphatic rings. The molecule has 6 heteroatoms. The van der Waals surface area contributed by atoms with Gasteiger partial charge in [-0.1, -0.05) is 36.4 Å². The molecule has 6 nitrogen and oxygen atoms in total. The average molecular weight is 368 g/mol. The summed E-state index contributed by atoms with van der Waals surface area (Å²) in [5.41, 5.74) is 1.90. The van der Waals surface area contributed by atoms with Crippen LogP contribution in [0.3, 0.4) is 0 Å². The van der Waals surface area contributed by atoms with Gasteiger partial charge in [-0.2, -0.15) is 0 Å². The highest BCUT2D eigenvalue weighted by atomic mass is 16.5. The van der Waals surface area contributed by atoms with E-state index in [1.54, 1.807) is 16.9 Å². The van der Waals surface area contributed by atoms with E-state index in [0.29, 0.717) is 18.7 Å². The molecule has 1 heterocycles. The second-order valence-corrected chi connectivity index (χ2v) is 6.50. The van der Waals surface area contributed by atoms with Crippen molar-refractivity contribution in [2.45, 2.75) is 12.5 Å². The predicted molar refractivity (Wildman–Crippen MR) is 103 cm³/mol. The average Bonchev–Trinajstić information content (AvgIpc) is 2.70. The van der Waals surface area contributed by atoms with Crippen LogP contribution in [0, 0.1) is 0 Å². The number of piperazine rings is 1. The molecule has 0 saturated carbocycles. The molecule has 142 valence electrons. The van der Waals surface area contributed by atoms with Gasteiger partial charge in [-0.3, -0.25) is 9.59 Å². The van der Waals surface area contributed by atoms with Gasteiger partial charge in [0.25, 0.3) is 0 Å². The van der Waals surface area contributed by atoms with Crippen LogP contribution in [-0.2, 0) is 20.7 Å². The molecule has 1 aliphatic heterocycles. The van der Waals surface area contributed by atoms with Gasteiger partial charge in [0.15, 0.2) is 0 Å². The Bertz CT molecular complexity index is 794. The minimum atomic E-state index is -0.169. The zero-order valence-corrected chi connectivity index (χ0v) is 15.6. The first kappa shape index (κ1) is 18.9. The number of carbonyl (C=O) groups is 2. The smallest absolute Gasteiger partial charge is 0.249 e. The molecular formula is C21H24N2O4. The number of benzene rings is 2. The van der Waals surface area contributed by atoms with Crippen molar-refractivity contribution >= 4 is 17.5 Å². The second kappa shape index (κ2) is 8.68. The Morgan fingerprint density at radius 3 is 2.59 bits per heavy atom. The molecule has 0 aliphatic carbocycles. The van der Waals surface area contributed by atoms with Crippen molar-refractivity contribution in [2.75, 3.05) is 38.8 Å². The molecule has 0 radical (unpaired) electrons. The Morgan fingerprint density at radius 1 is 1.11 bits per heavy atom. The summed E-state index contributed by atoms with van der Waals surface area (Å²) in [6.07, 6.45) is 0.671. The molecule has 1 unspecified atom stereocenters. The number of rotatable bonds is 6. The maximum Gasteiger partial charge on any atom is 0.249 e. The number of methoxy groups -OCH3 is 2. The molecule has 0 spiro atoms. The summed E-state index contributed by atoms with van der Waals surface area (Å²) in [5, 5.41) is 0. The molecule has 1 saturated heterocycles. The standard InChI is InChI=1S/C21H24N2O4/c1-26-15-21(25)23-14-20(24)22(17-9-6-10-19(12-17)27-2)13-18(23)11-16-7-4-3-5-8-16/h3-10,12,18H,11,13-15H2,1-2H3. The van der Waals surface area contributed by atoms with Gasteiger partial charge in [0.05, 0.1) is 13.2 Å². The first-order valence-electron chi connectivity index (χ1n) is 8.89. The molecule has 0 aromatic heterocycles. The third-order valence-corrected chi connectivity index (χ3v) is 4.71. The van der Waals surface area contributed by atoms with Crippen LogP contribution in [0.15, 0.2) is 54.6 Å². The van der Waals surface area contributed by atoms with Crippen LogP contribution in [0.4, 0.5) is 5.69 Å². The van der Waals surface area contributed by atoms with Crippen LogP contribution in [0.25, 0.3) is 0 Å². The Hall–Kier alpha value is -2.86. The summed E-state index contributed by atoms with van der Waals surface area (Å²) in [7, 11) is 3.08. The van der Waals surface area contributed by atoms with Gasteiger partial charge in [-0.05, 0) is 24.1 Å². The lowest BCUT2D eigenvalue weighted by Gasteiger charge is -2.41. The maximum atomic E-state index is 12.8. The van der Waals surface area contributed by atoms with Gasteiger partial charge in [0.1, 0.15) is 18.9 Å². The molecular weight excluding hydrogens is 344 g/mol. The van der Waals surface area contributed by atoms with Gasteiger partial charge in [0.2, 0.25) is 11.8 Å². The highest BCUT2D eigenvalue weighted by molar-refractivity contribution is 5.98. The van der Waals surface area contributed by atoms with Gasteiger partial charge < -0.3 is 19.3 Å². The zero-order chi connectivity index (χ0) is 19.2. The number of ether oxygens (including phenoxy) is 2. The molecule has 2 amide bonds. The lowest BCUT2D eigenvalue weighted by Crippen LogP contribution is -2.59. The minimum absolute atomic E-state index is 0.0300. The van der Waals surface area contributed by atoms with Crippen LogP contribution in [0.5, 0.6) is 5.75 Å². The fourth-order valence-electron chi connectivity index (χ4n) is 3.36. The largest absolute Gasteiger partial charge is 0.497 e. The third kappa shape index (κ3) is 4.46. The van der Waals surface area contributed by atoms with Crippen LogP contribution in [0.2, 0.25) is 0 Å². The molecule has 1 atom stereocenters. The number of nitrogens with zero attached hydrogens (tertiary/aromatic N) is 2. The Morgan fingerprint density at radius 2 is 1.89 bits per heavy atom. The van der Waals surface area contributed by atoms with Gasteiger partial charge >= 0.3 is 0 Å². The van der Waals surface area contributed by atoms with E-state index < -0.39 is 0 Å². The first-order chi connectivity index (χ1) is 13.1. The number of hydrogen-bond acceptors (Lipinski definition) is 4. The van der Waals surface area contributed by atoms with E-state index in [1.165, 1.54) is 7.11 Å². The molecule has 0 N–H and O–H groups in total. The monoisotopic (exact) mass is 368 g/mol. The van der Waals surface area contributed by atoms with Crippen molar-refractivity contribution in [1.29, 1.82) is 0 Å². The summed E-state index contributed by atoms with van der Waals surface area (Å²) in [5.74, 6) is 0.409. The first-order valence-corrected chi connectivity index (χ1v) is 8.89. The van der Waals surface area contributed by atoms with Crippen LogP contribution < -0.4 is 9.64 Å². The van der Waals surface area contributed by atoms with Crippen molar-refractivity contribution in [3.63, 3.8) is 0 Å². The van der Waals surface area contributed by atoms with Crippen LogP contribution in [-0.4, -0.2) is 56.7 Å². The van der Waals surface area contributed by atoms with Crippen molar-refractivity contribution in [3.8, 4) is 5.75 Å². The predicted octanol–water partition coefficient (Wildman–Crippen LogP) is 2.13. The van der Waals surface area contributed by atoms with E-state index in [1.807, 2.05) is 54.6 Å². The number of carbonyl (C=O) groups excluding carboxylic acids is 2. The lowest BCUT2D eigenvalue weighted by molar-refractivity contribution is -0.142. The topological polar surface area (TPSA) is 59.1 Å². The SMILES string of the molecule is COCC(=O)N1CC(=O)N(c2cccc(OC)c2)CC1Cc1ccccc1. The third-order valence-electron chi connectivity index (χ3n) is 4.71. The van der Waals surface area contributed by atoms with Crippen molar-refractivity contribution in [2.24, 2.45) is 0 Å². The Kier molecular flexibility index (Phi) is 6.08. The molecule has 2 aromatic rings. The number of hydrogen-bond donors (Lipinski definition) is 0. The highest BCUT2D eigenvalue weighted by Gasteiger charge is 2.35. The quantitative estimate of drug-likeness (QED) is 0.784. The summed E-state index contributed by atoms with van der Waals surface area (Å²) in [6, 6.07) is 17.3. The van der Waals surface area contributed by atoms with Gasteiger partial charge in [-0.25, -0.2) is 0 Å². The lowest BCUT2D eigenvalue weighted by atomic mass is 10.0. The zero-order valence-electron chi connectivity index (χ0n) is 15.6. The maximum absolute atomic E-state index is 12.8. The van der Waals surface area contributed by atoms with E-state index in [-0.39, 0.29) is 31.0 Å². The van der Waals surface area contributed by atoms with Crippen LogP contribution in [0.1, 0.15) is 5.56 Å². The molecule has 1 fully saturated rings. The summed E-state index contributed by atoms with van der Waals surface area (Å²) >= 11 is 0. The van der Waals surface area contributed by atoms with E-state index in [0.717, 1.165) is 11.3 Å². The molecule has 27 heavy (non-hydrogen) atoms. The van der Waals surface area contributed by atoms with Crippen molar-refractivity contribution in [1.82, 2.24) is 4.90 Å². The minimum Gasteiger partial charge on any atom is -0.497 e. The molecule has 3 rings (SSSR count). The van der Waals surface area contributed by atoms with Gasteiger partial charge in [0, 0.05) is 25.4 Å². The van der Waals surface area contributed by atoms with Crippen molar-refractivity contribution < 1.29 is 19.1 Å². The Labute approximate surface area is 159 Å². The Balaban J connectivity index is 1.86. The summed E-state index contributed by atoms with van der Waals surface area (Å²) < 4.78 is 10.3. The van der Waals surface area contributed by atoms with Crippen molar-refractivity contribution in [3.05, 3.63) is 60.2 Å². The van der Waals surface area contributed by atoms with E-state index in [2.05, 4.69) is 0 Å². The summed E-state index contributed by atoms with van der Waals surface area (Å²) in [6.45, 7) is 0.435. The number of anilines is 1. The van der Waals surface area contributed by atoms with E-state index >= 15 is 0 Å². The molecule has 2 aromatic carbocycles. The number of amides is 2. The van der Waals surface area contributed by atoms with Crippen LogP contribution >= 0.6 is 0 Å². The van der Waals surface area contributed by atoms with E-state index in [9.17, 15) is 9.59 Å². The second-order valence-electron chi connectivity index (χ2n) is 6.50. The molecule has 0 bridgehead atoms. The highest BCUT2D eigenvalue weighted by Crippen LogP contribution is 2.25. The normalized spacial score (nSPS) is 17.1. The van der Waals surface area contributed by atoms with E-state index in [4.69, 9.17) is 9.47 Å². The summed E-state index contributed by atoms with van der Waals surface area (Å²) in [4.78, 5) is 28.6. The fourth-order valence-corrected chi connectivity index (χ4v) is 3.36. The fraction of sp³-hybridized carbons (Fsp3) is 0.333.